The summed E-state index contributed by atoms with van der Waals surface area (Å²) in [5.74, 6) is -1.77. The summed E-state index contributed by atoms with van der Waals surface area (Å²) in [5.41, 5.74) is 5.17. The first-order valence-corrected chi connectivity index (χ1v) is 6.14. The number of benzene rings is 1. The zero-order chi connectivity index (χ0) is 14.6. The highest BCUT2D eigenvalue weighted by molar-refractivity contribution is 7.80. The van der Waals surface area contributed by atoms with Crippen molar-refractivity contribution in [1.82, 2.24) is 5.32 Å². The molecule has 0 aliphatic rings. The summed E-state index contributed by atoms with van der Waals surface area (Å²) >= 11 is 4.87. The molecule has 104 valence electrons. The predicted molar refractivity (Wildman–Crippen MR) is 73.6 cm³/mol. The minimum atomic E-state index is -0.733. The maximum Gasteiger partial charge on any atom is 0.224 e. The van der Waals surface area contributed by atoms with Crippen LogP contribution in [0.2, 0.25) is 0 Å². The molecule has 0 radical (unpaired) electrons. The summed E-state index contributed by atoms with van der Waals surface area (Å²) in [5, 5.41) is 2.63. The molecular formula is C13H16F2N2OS. The highest BCUT2D eigenvalue weighted by Crippen LogP contribution is 2.14. The number of nitrogens with one attached hydrogen (secondary N) is 1. The third kappa shape index (κ3) is 4.55. The number of nitrogens with two attached hydrogens (primary N) is 1. The molecule has 0 unspecified atom stereocenters. The first kappa shape index (κ1) is 15.5. The minimum Gasteiger partial charge on any atom is -0.393 e. The van der Waals surface area contributed by atoms with Crippen LogP contribution in [0.15, 0.2) is 18.2 Å². The van der Waals surface area contributed by atoms with Crippen molar-refractivity contribution in [2.24, 2.45) is 11.1 Å². The van der Waals surface area contributed by atoms with Crippen molar-refractivity contribution in [3.05, 3.63) is 35.4 Å². The van der Waals surface area contributed by atoms with Gasteiger partial charge in [-0.2, -0.15) is 0 Å². The van der Waals surface area contributed by atoms with Gasteiger partial charge in [0.05, 0.1) is 11.4 Å². The molecule has 0 heterocycles. The molecule has 0 saturated carbocycles. The fourth-order valence-corrected chi connectivity index (χ4v) is 1.38. The molecule has 0 bridgehead atoms. The lowest BCUT2D eigenvalue weighted by atomic mass is 9.93. The average Bonchev–Trinajstić information content (AvgIpc) is 2.30. The Kier molecular flexibility index (Phi) is 4.94. The van der Waals surface area contributed by atoms with E-state index in [1.54, 1.807) is 13.8 Å². The molecular weight excluding hydrogens is 270 g/mol. The molecule has 6 heteroatoms. The number of halogens is 2. The topological polar surface area (TPSA) is 55.1 Å². The van der Waals surface area contributed by atoms with Crippen molar-refractivity contribution in [1.29, 1.82) is 0 Å². The van der Waals surface area contributed by atoms with Gasteiger partial charge in [0.1, 0.15) is 11.6 Å². The smallest absolute Gasteiger partial charge is 0.224 e. The molecule has 0 spiro atoms. The monoisotopic (exact) mass is 286 g/mol. The summed E-state index contributed by atoms with van der Waals surface area (Å²) in [7, 11) is 0. The Morgan fingerprint density at radius 1 is 1.42 bits per heavy atom. The van der Waals surface area contributed by atoms with Gasteiger partial charge in [-0.05, 0) is 11.6 Å². The van der Waals surface area contributed by atoms with E-state index in [1.165, 1.54) is 6.07 Å². The van der Waals surface area contributed by atoms with Gasteiger partial charge in [0.25, 0.3) is 0 Å². The SMILES string of the molecule is CC(C)(CNC(=O)Cc1ccc(F)cc1F)C(N)=S. The van der Waals surface area contributed by atoms with Crippen molar-refractivity contribution in [2.45, 2.75) is 20.3 Å². The molecule has 0 atom stereocenters. The van der Waals surface area contributed by atoms with Gasteiger partial charge in [0.2, 0.25) is 5.91 Å². The lowest BCUT2D eigenvalue weighted by molar-refractivity contribution is -0.120. The Hall–Kier alpha value is -1.56. The lowest BCUT2D eigenvalue weighted by Crippen LogP contribution is -2.42. The number of carbonyl (C=O) groups is 1. The van der Waals surface area contributed by atoms with E-state index >= 15 is 0 Å². The molecule has 1 aromatic carbocycles. The Morgan fingerprint density at radius 2 is 2.05 bits per heavy atom. The van der Waals surface area contributed by atoms with Crippen LogP contribution in [0.1, 0.15) is 19.4 Å². The standard InChI is InChI=1S/C13H16F2N2OS/c1-13(2,12(16)19)7-17-11(18)5-8-3-4-9(14)6-10(8)15/h3-4,6H,5,7H2,1-2H3,(H2,16,19)(H,17,18). The molecule has 0 fully saturated rings. The van der Waals surface area contributed by atoms with Gasteiger partial charge in [-0.1, -0.05) is 32.1 Å². The van der Waals surface area contributed by atoms with Crippen molar-refractivity contribution < 1.29 is 13.6 Å². The molecule has 0 aliphatic carbocycles. The Balaban J connectivity index is 2.59. The van der Waals surface area contributed by atoms with Crippen LogP contribution in [0, 0.1) is 17.0 Å². The highest BCUT2D eigenvalue weighted by Gasteiger charge is 2.22. The summed E-state index contributed by atoms with van der Waals surface area (Å²) < 4.78 is 26.1. The van der Waals surface area contributed by atoms with E-state index in [9.17, 15) is 13.6 Å². The third-order valence-corrected chi connectivity index (χ3v) is 3.31. The molecule has 1 rings (SSSR count). The van der Waals surface area contributed by atoms with Crippen molar-refractivity contribution >= 4 is 23.1 Å². The predicted octanol–water partition coefficient (Wildman–Crippen LogP) is 1.94. The maximum absolute atomic E-state index is 13.4. The van der Waals surface area contributed by atoms with E-state index < -0.39 is 17.0 Å². The summed E-state index contributed by atoms with van der Waals surface area (Å²) in [4.78, 5) is 12.0. The Bertz CT molecular complexity index is 503. The number of thiocarbonyl (C=S) groups is 1. The van der Waals surface area contributed by atoms with Gasteiger partial charge in [-0.3, -0.25) is 4.79 Å². The van der Waals surface area contributed by atoms with Crippen LogP contribution < -0.4 is 11.1 Å². The molecule has 1 amide bonds. The summed E-state index contributed by atoms with van der Waals surface area (Å²) in [6, 6.07) is 3.12. The van der Waals surface area contributed by atoms with Crippen LogP contribution in [0.3, 0.4) is 0 Å². The Morgan fingerprint density at radius 3 is 2.58 bits per heavy atom. The van der Waals surface area contributed by atoms with E-state index in [2.05, 4.69) is 5.32 Å². The van der Waals surface area contributed by atoms with Gasteiger partial charge in [-0.15, -0.1) is 0 Å². The number of carbonyl (C=O) groups excluding carboxylic acids is 1. The van der Waals surface area contributed by atoms with Crippen LogP contribution in [-0.4, -0.2) is 17.4 Å². The highest BCUT2D eigenvalue weighted by atomic mass is 32.1. The number of hydrogen-bond acceptors (Lipinski definition) is 2. The van der Waals surface area contributed by atoms with Gasteiger partial charge in [-0.25, -0.2) is 8.78 Å². The molecule has 19 heavy (non-hydrogen) atoms. The molecule has 1 aromatic rings. The minimum absolute atomic E-state index is 0.145. The fraction of sp³-hybridized carbons (Fsp3) is 0.385. The Labute approximate surface area is 116 Å². The summed E-state index contributed by atoms with van der Waals surface area (Å²) in [6.45, 7) is 3.87. The third-order valence-electron chi connectivity index (χ3n) is 2.76. The zero-order valence-electron chi connectivity index (χ0n) is 10.8. The van der Waals surface area contributed by atoms with Crippen LogP contribution in [-0.2, 0) is 11.2 Å². The molecule has 0 aromatic heterocycles. The van der Waals surface area contributed by atoms with Crippen LogP contribution >= 0.6 is 12.2 Å². The fourth-order valence-electron chi connectivity index (χ4n) is 1.31. The lowest BCUT2D eigenvalue weighted by Gasteiger charge is -2.23. The van der Waals surface area contributed by atoms with Gasteiger partial charge in [0.15, 0.2) is 0 Å². The largest absolute Gasteiger partial charge is 0.393 e. The second-order valence-electron chi connectivity index (χ2n) is 4.94. The zero-order valence-corrected chi connectivity index (χ0v) is 11.6. The van der Waals surface area contributed by atoms with Crippen LogP contribution in [0.4, 0.5) is 8.78 Å². The second-order valence-corrected chi connectivity index (χ2v) is 5.38. The van der Waals surface area contributed by atoms with E-state index in [1.807, 2.05) is 0 Å². The van der Waals surface area contributed by atoms with Gasteiger partial charge in [0, 0.05) is 18.0 Å². The van der Waals surface area contributed by atoms with E-state index in [-0.39, 0.29) is 24.4 Å². The van der Waals surface area contributed by atoms with E-state index in [4.69, 9.17) is 18.0 Å². The van der Waals surface area contributed by atoms with Crippen molar-refractivity contribution in [3.8, 4) is 0 Å². The van der Waals surface area contributed by atoms with Crippen LogP contribution in [0.5, 0.6) is 0 Å². The second kappa shape index (κ2) is 6.06. The van der Waals surface area contributed by atoms with Crippen molar-refractivity contribution in [3.63, 3.8) is 0 Å². The van der Waals surface area contributed by atoms with E-state index in [0.717, 1.165) is 12.1 Å². The number of amides is 1. The normalized spacial score (nSPS) is 11.2. The summed E-state index contributed by atoms with van der Waals surface area (Å²) in [6.07, 6.45) is -0.153. The van der Waals surface area contributed by atoms with E-state index in [0.29, 0.717) is 4.99 Å². The molecule has 0 aliphatic heterocycles. The van der Waals surface area contributed by atoms with Crippen LogP contribution in [0.25, 0.3) is 0 Å². The average molecular weight is 286 g/mol. The molecule has 0 saturated heterocycles. The van der Waals surface area contributed by atoms with Crippen molar-refractivity contribution in [2.75, 3.05) is 6.54 Å². The number of hydrogen-bond donors (Lipinski definition) is 2. The molecule has 3 N–H and O–H groups in total. The van der Waals surface area contributed by atoms with Gasteiger partial charge < -0.3 is 11.1 Å². The quantitative estimate of drug-likeness (QED) is 0.813. The number of rotatable bonds is 5. The first-order chi connectivity index (χ1) is 8.72. The first-order valence-electron chi connectivity index (χ1n) is 5.73. The van der Waals surface area contributed by atoms with Gasteiger partial charge >= 0.3 is 0 Å². The molecule has 3 nitrogen and oxygen atoms in total. The maximum atomic E-state index is 13.4.